The van der Waals surface area contributed by atoms with Gasteiger partial charge in [0, 0.05) is 16.6 Å². The van der Waals surface area contributed by atoms with Gasteiger partial charge in [0.05, 0.1) is 12.9 Å². The summed E-state index contributed by atoms with van der Waals surface area (Å²) in [5.41, 5.74) is 1.25. The highest BCUT2D eigenvalue weighted by Gasteiger charge is 2.13. The second-order valence-corrected chi connectivity index (χ2v) is 7.39. The van der Waals surface area contributed by atoms with Crippen LogP contribution in [0.25, 0.3) is 0 Å². The second kappa shape index (κ2) is 7.21. The van der Waals surface area contributed by atoms with E-state index >= 15 is 0 Å². The van der Waals surface area contributed by atoms with Crippen LogP contribution in [0.15, 0.2) is 46.9 Å². The third-order valence-electron chi connectivity index (χ3n) is 2.99. The molecule has 0 fully saturated rings. The molecule has 0 amide bonds. The summed E-state index contributed by atoms with van der Waals surface area (Å²) in [7, 11) is -2.00. The first-order valence-corrected chi connectivity index (χ1v) is 8.88. The molecule has 22 heavy (non-hydrogen) atoms. The van der Waals surface area contributed by atoms with Crippen LogP contribution in [-0.4, -0.2) is 15.5 Å². The Bertz CT molecular complexity index is 748. The van der Waals surface area contributed by atoms with Crippen molar-refractivity contribution in [2.75, 3.05) is 7.11 Å². The van der Waals surface area contributed by atoms with E-state index in [1.54, 1.807) is 12.1 Å². The molecule has 0 saturated carbocycles. The van der Waals surface area contributed by atoms with Crippen molar-refractivity contribution in [2.24, 2.45) is 0 Å². The number of hydrogen-bond acceptors (Lipinski definition) is 3. The van der Waals surface area contributed by atoms with Crippen molar-refractivity contribution in [3.63, 3.8) is 0 Å². The number of methoxy groups -OCH3 is 1. The molecule has 0 bridgehead atoms. The van der Waals surface area contributed by atoms with Gasteiger partial charge in [0.1, 0.15) is 11.6 Å². The highest BCUT2D eigenvalue weighted by molar-refractivity contribution is 9.10. The minimum Gasteiger partial charge on any atom is -0.496 e. The average Bonchev–Trinajstić information content (AvgIpc) is 2.48. The third-order valence-corrected chi connectivity index (χ3v) is 4.79. The molecule has 4 nitrogen and oxygen atoms in total. The number of benzene rings is 2. The molecule has 0 spiro atoms. The molecule has 0 unspecified atom stereocenters. The summed E-state index contributed by atoms with van der Waals surface area (Å²) in [5, 5.41) is 0. The van der Waals surface area contributed by atoms with Gasteiger partial charge in [-0.3, -0.25) is 0 Å². The van der Waals surface area contributed by atoms with E-state index < -0.39 is 15.8 Å². The summed E-state index contributed by atoms with van der Waals surface area (Å²) in [6, 6.07) is 10.7. The van der Waals surface area contributed by atoms with Gasteiger partial charge in [-0.05, 0) is 35.9 Å². The van der Waals surface area contributed by atoms with Crippen molar-refractivity contribution in [1.29, 1.82) is 0 Å². The van der Waals surface area contributed by atoms with Crippen molar-refractivity contribution >= 4 is 26.0 Å². The number of ether oxygens (including phenoxy) is 1. The zero-order valence-corrected chi connectivity index (χ0v) is 14.2. The SMILES string of the molecule is COc1ccc(Br)cc1CNS(=O)(=O)Cc1ccc(F)cc1. The highest BCUT2D eigenvalue weighted by Crippen LogP contribution is 2.23. The lowest BCUT2D eigenvalue weighted by molar-refractivity contribution is 0.409. The second-order valence-electron chi connectivity index (χ2n) is 4.66. The fraction of sp³-hybridized carbons (Fsp3) is 0.200. The van der Waals surface area contributed by atoms with Crippen LogP contribution in [0.5, 0.6) is 5.75 Å². The molecule has 0 heterocycles. The summed E-state index contributed by atoms with van der Waals surface area (Å²) in [4.78, 5) is 0. The fourth-order valence-electron chi connectivity index (χ4n) is 1.92. The van der Waals surface area contributed by atoms with E-state index in [1.807, 2.05) is 6.07 Å². The first-order chi connectivity index (χ1) is 10.4. The van der Waals surface area contributed by atoms with Gasteiger partial charge in [-0.1, -0.05) is 28.1 Å². The van der Waals surface area contributed by atoms with Crippen molar-refractivity contribution in [1.82, 2.24) is 4.72 Å². The summed E-state index contributed by atoms with van der Waals surface area (Å²) in [6.07, 6.45) is 0. The molecule has 0 atom stereocenters. The maximum atomic E-state index is 12.8. The van der Waals surface area contributed by atoms with Gasteiger partial charge in [0.2, 0.25) is 10.0 Å². The predicted octanol–water partition coefficient (Wildman–Crippen LogP) is 3.22. The lowest BCUT2D eigenvalue weighted by atomic mass is 10.2. The third kappa shape index (κ3) is 4.79. The Kier molecular flexibility index (Phi) is 5.55. The van der Waals surface area contributed by atoms with Gasteiger partial charge in [-0.25, -0.2) is 17.5 Å². The molecule has 1 N–H and O–H groups in total. The minimum absolute atomic E-state index is 0.117. The molecule has 0 aliphatic rings. The first-order valence-electron chi connectivity index (χ1n) is 6.44. The Morgan fingerprint density at radius 2 is 1.86 bits per heavy atom. The van der Waals surface area contributed by atoms with Crippen LogP contribution in [0.4, 0.5) is 4.39 Å². The Balaban J connectivity index is 2.06. The number of hydrogen-bond donors (Lipinski definition) is 1. The minimum atomic E-state index is -3.53. The molecule has 2 aromatic rings. The standard InChI is InChI=1S/C15H15BrFNO3S/c1-21-15-7-4-13(16)8-12(15)9-18-22(19,20)10-11-2-5-14(17)6-3-11/h2-8,18H,9-10H2,1H3. The van der Waals surface area contributed by atoms with E-state index in [4.69, 9.17) is 4.74 Å². The number of rotatable bonds is 6. The normalized spacial score (nSPS) is 11.4. The van der Waals surface area contributed by atoms with Crippen molar-refractivity contribution in [3.05, 3.63) is 63.9 Å². The smallest absolute Gasteiger partial charge is 0.216 e. The lowest BCUT2D eigenvalue weighted by Crippen LogP contribution is -2.25. The summed E-state index contributed by atoms with van der Waals surface area (Å²) >= 11 is 3.34. The molecule has 2 aromatic carbocycles. The van der Waals surface area contributed by atoms with Crippen LogP contribution in [0.1, 0.15) is 11.1 Å². The van der Waals surface area contributed by atoms with E-state index in [9.17, 15) is 12.8 Å². The molecule has 118 valence electrons. The van der Waals surface area contributed by atoms with Crippen LogP contribution in [0.3, 0.4) is 0 Å². The Labute approximate surface area is 137 Å². The first kappa shape index (κ1) is 16.9. The molecule has 2 rings (SSSR count). The Morgan fingerprint density at radius 1 is 1.18 bits per heavy atom. The maximum absolute atomic E-state index is 12.8. The molecule has 0 aliphatic heterocycles. The van der Waals surface area contributed by atoms with Crippen molar-refractivity contribution < 1.29 is 17.5 Å². The zero-order valence-electron chi connectivity index (χ0n) is 11.8. The number of nitrogens with one attached hydrogen (secondary N) is 1. The van der Waals surface area contributed by atoms with Gasteiger partial charge in [-0.15, -0.1) is 0 Å². The lowest BCUT2D eigenvalue weighted by Gasteiger charge is -2.11. The van der Waals surface area contributed by atoms with Crippen LogP contribution in [0.2, 0.25) is 0 Å². The molecular formula is C15H15BrFNO3S. The zero-order chi connectivity index (χ0) is 16.2. The highest BCUT2D eigenvalue weighted by atomic mass is 79.9. The van der Waals surface area contributed by atoms with Gasteiger partial charge in [-0.2, -0.15) is 0 Å². The molecule has 7 heteroatoms. The fourth-order valence-corrected chi connectivity index (χ4v) is 3.44. The van der Waals surface area contributed by atoms with Gasteiger partial charge in [0.25, 0.3) is 0 Å². The molecule has 0 radical (unpaired) electrons. The maximum Gasteiger partial charge on any atom is 0.216 e. The van der Waals surface area contributed by atoms with Crippen molar-refractivity contribution in [3.8, 4) is 5.75 Å². The average molecular weight is 388 g/mol. The quantitative estimate of drug-likeness (QED) is 0.827. The summed E-state index contributed by atoms with van der Waals surface area (Å²) in [5.74, 6) is 0.00418. The topological polar surface area (TPSA) is 55.4 Å². The Morgan fingerprint density at radius 3 is 2.50 bits per heavy atom. The number of halogens is 2. The van der Waals surface area contributed by atoms with Gasteiger partial charge in [0.15, 0.2) is 0 Å². The summed E-state index contributed by atoms with van der Waals surface area (Å²) < 4.78 is 45.5. The predicted molar refractivity (Wildman–Crippen MR) is 86.6 cm³/mol. The largest absolute Gasteiger partial charge is 0.496 e. The van der Waals surface area contributed by atoms with E-state index in [1.165, 1.54) is 31.4 Å². The van der Waals surface area contributed by atoms with Gasteiger partial charge >= 0.3 is 0 Å². The number of sulfonamides is 1. The van der Waals surface area contributed by atoms with Crippen LogP contribution in [0, 0.1) is 5.82 Å². The van der Waals surface area contributed by atoms with E-state index in [0.717, 1.165) is 10.0 Å². The summed E-state index contributed by atoms with van der Waals surface area (Å²) in [6.45, 7) is 0.117. The monoisotopic (exact) mass is 387 g/mol. The molecular weight excluding hydrogens is 373 g/mol. The van der Waals surface area contributed by atoms with Crippen molar-refractivity contribution in [2.45, 2.75) is 12.3 Å². The van der Waals surface area contributed by atoms with E-state index in [-0.39, 0.29) is 12.3 Å². The molecule has 0 saturated heterocycles. The van der Waals surface area contributed by atoms with Crippen LogP contribution >= 0.6 is 15.9 Å². The van der Waals surface area contributed by atoms with Crippen LogP contribution < -0.4 is 9.46 Å². The van der Waals surface area contributed by atoms with Gasteiger partial charge < -0.3 is 4.74 Å². The van der Waals surface area contributed by atoms with E-state index in [2.05, 4.69) is 20.7 Å². The van der Waals surface area contributed by atoms with E-state index in [0.29, 0.717) is 11.3 Å². The molecule has 0 aliphatic carbocycles. The Hall–Kier alpha value is -1.44. The van der Waals surface area contributed by atoms with Crippen LogP contribution in [-0.2, 0) is 22.3 Å². The molecule has 0 aromatic heterocycles.